The van der Waals surface area contributed by atoms with Crippen LogP contribution >= 0.6 is 0 Å². The van der Waals surface area contributed by atoms with E-state index < -0.39 is 23.3 Å². The molecule has 0 aromatic heterocycles. The van der Waals surface area contributed by atoms with Gasteiger partial charge in [-0.1, -0.05) is 52.4 Å². The Balaban J connectivity index is 2.35. The molecule has 1 atom stereocenters. The van der Waals surface area contributed by atoms with Crippen LogP contribution in [-0.4, -0.2) is 38.7 Å². The molecule has 0 heterocycles. The summed E-state index contributed by atoms with van der Waals surface area (Å²) in [7, 11) is 2.57. The fourth-order valence-electron chi connectivity index (χ4n) is 4.66. The molecule has 0 amide bonds. The number of unbranched alkanes of at least 4 members (excludes halogenated alkanes) is 6. The molecule has 31 heavy (non-hydrogen) atoms. The minimum atomic E-state index is -1.49. The smallest absolute Gasteiger partial charge is 0.332 e. The Morgan fingerprint density at radius 3 is 1.84 bits per heavy atom. The van der Waals surface area contributed by atoms with Crippen LogP contribution in [-0.2, 0) is 28.6 Å². The normalized spacial score (nSPS) is 18.7. The van der Waals surface area contributed by atoms with E-state index in [9.17, 15) is 14.4 Å². The summed E-state index contributed by atoms with van der Waals surface area (Å²) in [6.07, 6.45) is 9.86. The molecule has 0 aromatic carbocycles. The summed E-state index contributed by atoms with van der Waals surface area (Å²) in [5.41, 5.74) is 1.75. The van der Waals surface area contributed by atoms with Crippen LogP contribution in [0.25, 0.3) is 0 Å². The highest BCUT2D eigenvalue weighted by Gasteiger charge is 2.70. The van der Waals surface area contributed by atoms with Crippen molar-refractivity contribution in [3.05, 3.63) is 22.3 Å². The predicted octanol–water partition coefficient (Wildman–Crippen LogP) is 5.06. The molecular formula is C25H38O6. The Labute approximate surface area is 186 Å². The SMILES string of the molecule is CCCCCCC1=C(C2=C(CCCCCC)C2(C(=O)OC)C(=O)OC)C1C(=O)OCC. The average Bonchev–Trinajstić information content (AvgIpc) is 3.65. The highest BCUT2D eigenvalue weighted by atomic mass is 16.5. The van der Waals surface area contributed by atoms with E-state index in [-0.39, 0.29) is 5.97 Å². The molecule has 6 nitrogen and oxygen atoms in total. The Morgan fingerprint density at radius 2 is 1.35 bits per heavy atom. The zero-order valence-electron chi connectivity index (χ0n) is 19.8. The first-order valence-corrected chi connectivity index (χ1v) is 11.8. The van der Waals surface area contributed by atoms with E-state index in [1.807, 2.05) is 0 Å². The van der Waals surface area contributed by atoms with Crippen LogP contribution in [0.1, 0.15) is 85.0 Å². The van der Waals surface area contributed by atoms with Crippen LogP contribution in [0.2, 0.25) is 0 Å². The number of esters is 3. The van der Waals surface area contributed by atoms with Gasteiger partial charge >= 0.3 is 17.9 Å². The lowest BCUT2D eigenvalue weighted by Gasteiger charge is -2.15. The number of hydrogen-bond acceptors (Lipinski definition) is 6. The molecule has 0 aromatic rings. The zero-order valence-corrected chi connectivity index (χ0v) is 19.8. The van der Waals surface area contributed by atoms with E-state index in [2.05, 4.69) is 13.8 Å². The Bertz CT molecular complexity index is 729. The topological polar surface area (TPSA) is 78.9 Å². The summed E-state index contributed by atoms with van der Waals surface area (Å²) in [6, 6.07) is 0. The first kappa shape index (κ1) is 25.2. The molecule has 1 unspecified atom stereocenters. The maximum absolute atomic E-state index is 12.8. The van der Waals surface area contributed by atoms with E-state index in [4.69, 9.17) is 14.2 Å². The highest BCUT2D eigenvalue weighted by Crippen LogP contribution is 2.67. The van der Waals surface area contributed by atoms with Gasteiger partial charge in [0.15, 0.2) is 0 Å². The Hall–Kier alpha value is -2.11. The molecule has 0 N–H and O–H groups in total. The summed E-state index contributed by atoms with van der Waals surface area (Å²) < 4.78 is 15.4. The molecule has 0 radical (unpaired) electrons. The number of ether oxygens (including phenoxy) is 3. The summed E-state index contributed by atoms with van der Waals surface area (Å²) in [5.74, 6) is -1.98. The third-order valence-electron chi connectivity index (χ3n) is 6.32. The molecule has 0 aliphatic heterocycles. The molecule has 0 fully saturated rings. The van der Waals surface area contributed by atoms with Crippen LogP contribution in [0.5, 0.6) is 0 Å². The minimum absolute atomic E-state index is 0.295. The van der Waals surface area contributed by atoms with Crippen molar-refractivity contribution in [1.82, 2.24) is 0 Å². The number of hydrogen-bond donors (Lipinski definition) is 0. The standard InChI is InChI=1S/C25H38O6/c1-6-9-11-13-15-17-19(20(17)22(26)31-8-3)21-18(16-14-12-10-7-2)25(21,23(27)29-4)24(28)30-5/h20H,6-16H2,1-5H3. The van der Waals surface area contributed by atoms with Gasteiger partial charge in [0.2, 0.25) is 5.41 Å². The lowest BCUT2D eigenvalue weighted by atomic mass is 9.94. The van der Waals surface area contributed by atoms with E-state index in [1.165, 1.54) is 14.2 Å². The predicted molar refractivity (Wildman–Crippen MR) is 118 cm³/mol. The van der Waals surface area contributed by atoms with Crippen molar-refractivity contribution in [1.29, 1.82) is 0 Å². The Kier molecular flexibility index (Phi) is 9.32. The van der Waals surface area contributed by atoms with Crippen LogP contribution in [0, 0.1) is 11.3 Å². The number of rotatable bonds is 15. The second kappa shape index (κ2) is 11.5. The van der Waals surface area contributed by atoms with Crippen molar-refractivity contribution in [3.63, 3.8) is 0 Å². The average molecular weight is 435 g/mol. The van der Waals surface area contributed by atoms with Crippen molar-refractivity contribution in [2.75, 3.05) is 20.8 Å². The largest absolute Gasteiger partial charge is 0.468 e. The van der Waals surface area contributed by atoms with Gasteiger partial charge in [-0.05, 0) is 54.9 Å². The third-order valence-corrected chi connectivity index (χ3v) is 6.32. The van der Waals surface area contributed by atoms with E-state index in [1.54, 1.807) is 6.92 Å². The summed E-state index contributed by atoms with van der Waals surface area (Å²) >= 11 is 0. The van der Waals surface area contributed by atoms with Gasteiger partial charge in [-0.3, -0.25) is 14.4 Å². The fourth-order valence-corrected chi connectivity index (χ4v) is 4.66. The maximum atomic E-state index is 12.8. The van der Waals surface area contributed by atoms with Gasteiger partial charge in [0.05, 0.1) is 20.8 Å². The molecule has 2 rings (SSSR count). The van der Waals surface area contributed by atoms with E-state index >= 15 is 0 Å². The maximum Gasteiger partial charge on any atom is 0.332 e. The molecule has 2 aliphatic rings. The lowest BCUT2D eigenvalue weighted by Crippen LogP contribution is -2.33. The molecule has 174 valence electrons. The van der Waals surface area contributed by atoms with Crippen LogP contribution < -0.4 is 0 Å². The van der Waals surface area contributed by atoms with Crippen molar-refractivity contribution in [2.24, 2.45) is 11.3 Å². The number of methoxy groups -OCH3 is 2. The van der Waals surface area contributed by atoms with Gasteiger partial charge in [-0.2, -0.15) is 0 Å². The molecule has 6 heteroatoms. The van der Waals surface area contributed by atoms with Gasteiger partial charge < -0.3 is 14.2 Å². The van der Waals surface area contributed by atoms with Crippen LogP contribution in [0.15, 0.2) is 22.3 Å². The van der Waals surface area contributed by atoms with Gasteiger partial charge in [0, 0.05) is 0 Å². The van der Waals surface area contributed by atoms with E-state index in [0.29, 0.717) is 18.6 Å². The zero-order chi connectivity index (χ0) is 23.0. The van der Waals surface area contributed by atoms with Gasteiger partial charge in [0.1, 0.15) is 5.92 Å². The summed E-state index contributed by atoms with van der Waals surface area (Å²) in [5, 5.41) is 0. The second-order valence-corrected chi connectivity index (χ2v) is 8.33. The van der Waals surface area contributed by atoms with Crippen LogP contribution in [0.4, 0.5) is 0 Å². The monoisotopic (exact) mass is 434 g/mol. The molecule has 2 aliphatic carbocycles. The molecular weight excluding hydrogens is 396 g/mol. The first-order valence-electron chi connectivity index (χ1n) is 11.8. The van der Waals surface area contributed by atoms with Crippen molar-refractivity contribution in [3.8, 4) is 0 Å². The van der Waals surface area contributed by atoms with Crippen molar-refractivity contribution >= 4 is 17.9 Å². The molecule has 0 spiro atoms. The van der Waals surface area contributed by atoms with Gasteiger partial charge in [-0.25, -0.2) is 0 Å². The Morgan fingerprint density at radius 1 is 0.806 bits per heavy atom. The van der Waals surface area contributed by atoms with Crippen molar-refractivity contribution < 1.29 is 28.6 Å². The van der Waals surface area contributed by atoms with Crippen molar-refractivity contribution in [2.45, 2.75) is 85.0 Å². The third kappa shape index (κ3) is 5.04. The van der Waals surface area contributed by atoms with Crippen LogP contribution in [0.3, 0.4) is 0 Å². The molecule has 0 saturated carbocycles. The summed E-state index contributed by atoms with van der Waals surface area (Å²) in [6.45, 7) is 6.38. The fraction of sp³-hybridized carbons (Fsp3) is 0.720. The molecule has 0 saturated heterocycles. The molecule has 0 bridgehead atoms. The van der Waals surface area contributed by atoms with Gasteiger partial charge in [-0.15, -0.1) is 0 Å². The first-order chi connectivity index (χ1) is 15.0. The quantitative estimate of drug-likeness (QED) is 0.155. The van der Waals surface area contributed by atoms with Gasteiger partial charge in [0.25, 0.3) is 0 Å². The van der Waals surface area contributed by atoms with E-state index in [0.717, 1.165) is 74.5 Å². The second-order valence-electron chi connectivity index (χ2n) is 8.33. The number of carbonyl (C=O) groups is 3. The number of carbonyl (C=O) groups excluding carboxylic acids is 3. The lowest BCUT2D eigenvalue weighted by molar-refractivity contribution is -0.160. The minimum Gasteiger partial charge on any atom is -0.468 e. The summed E-state index contributed by atoms with van der Waals surface area (Å²) in [4.78, 5) is 38.3. The highest BCUT2D eigenvalue weighted by molar-refractivity contribution is 6.16.